The quantitative estimate of drug-likeness (QED) is 0.748. The van der Waals surface area contributed by atoms with Gasteiger partial charge in [-0.25, -0.2) is 0 Å². The fourth-order valence-electron chi connectivity index (χ4n) is 3.66. The van der Waals surface area contributed by atoms with E-state index < -0.39 is 0 Å². The fourth-order valence-corrected chi connectivity index (χ4v) is 3.66. The topological polar surface area (TPSA) is 78.5 Å². The standard InChI is InChI=1S/C20H27N3O3/c24-18-7-6-17(20(26)22-18)14-21-13-16-8-10-23(11-9-16)19(25)12-15-4-2-1-3-5-15/h1-5,16-17,21H,6-14H2,(H,22,24,26). The maximum absolute atomic E-state index is 12.4. The number of benzene rings is 1. The van der Waals surface area contributed by atoms with Gasteiger partial charge in [0.25, 0.3) is 0 Å². The van der Waals surface area contributed by atoms with Crippen LogP contribution in [0.3, 0.4) is 0 Å². The van der Waals surface area contributed by atoms with Gasteiger partial charge < -0.3 is 10.2 Å². The van der Waals surface area contributed by atoms with Gasteiger partial charge in [-0.3, -0.25) is 19.7 Å². The molecule has 2 N–H and O–H groups in total. The second-order valence-electron chi connectivity index (χ2n) is 7.29. The highest BCUT2D eigenvalue weighted by molar-refractivity contribution is 5.98. The minimum atomic E-state index is -0.168. The number of carbonyl (C=O) groups is 3. The zero-order chi connectivity index (χ0) is 18.4. The third-order valence-electron chi connectivity index (χ3n) is 5.34. The first-order chi connectivity index (χ1) is 12.6. The minimum absolute atomic E-state index is 0.111. The van der Waals surface area contributed by atoms with E-state index in [1.165, 1.54) is 0 Å². The normalized spacial score (nSPS) is 21.5. The maximum atomic E-state index is 12.4. The number of imide groups is 1. The first-order valence-electron chi connectivity index (χ1n) is 9.48. The van der Waals surface area contributed by atoms with Crippen molar-refractivity contribution < 1.29 is 14.4 Å². The molecule has 0 aliphatic carbocycles. The van der Waals surface area contributed by atoms with Gasteiger partial charge in [0.2, 0.25) is 17.7 Å². The molecule has 0 radical (unpaired) electrons. The average molecular weight is 357 g/mol. The van der Waals surface area contributed by atoms with Crippen LogP contribution in [0, 0.1) is 11.8 Å². The summed E-state index contributed by atoms with van der Waals surface area (Å²) in [5.41, 5.74) is 1.06. The molecule has 0 bridgehead atoms. The van der Waals surface area contributed by atoms with Crippen molar-refractivity contribution in [2.75, 3.05) is 26.2 Å². The lowest BCUT2D eigenvalue weighted by atomic mass is 9.95. The van der Waals surface area contributed by atoms with Gasteiger partial charge in [-0.2, -0.15) is 0 Å². The summed E-state index contributed by atoms with van der Waals surface area (Å²) in [6.07, 6.45) is 3.51. The van der Waals surface area contributed by atoms with Crippen LogP contribution in [-0.2, 0) is 20.8 Å². The molecule has 0 spiro atoms. The predicted molar refractivity (Wildman–Crippen MR) is 98.2 cm³/mol. The van der Waals surface area contributed by atoms with Crippen LogP contribution in [0.25, 0.3) is 0 Å². The van der Waals surface area contributed by atoms with Crippen LogP contribution in [0.1, 0.15) is 31.2 Å². The SMILES string of the molecule is O=C1CCC(CNCC2CCN(C(=O)Cc3ccccc3)CC2)C(=O)N1. The average Bonchev–Trinajstić information content (AvgIpc) is 2.65. The Morgan fingerprint density at radius 1 is 1.08 bits per heavy atom. The van der Waals surface area contributed by atoms with Crippen LogP contribution in [0.15, 0.2) is 30.3 Å². The van der Waals surface area contributed by atoms with Gasteiger partial charge in [0.05, 0.1) is 12.3 Å². The maximum Gasteiger partial charge on any atom is 0.230 e. The van der Waals surface area contributed by atoms with Crippen LogP contribution in [-0.4, -0.2) is 48.8 Å². The molecule has 0 saturated carbocycles. The molecule has 2 heterocycles. The number of carbonyl (C=O) groups excluding carboxylic acids is 3. The van der Waals surface area contributed by atoms with Crippen molar-refractivity contribution in [2.45, 2.75) is 32.1 Å². The van der Waals surface area contributed by atoms with E-state index in [9.17, 15) is 14.4 Å². The fraction of sp³-hybridized carbons (Fsp3) is 0.550. The Balaban J connectivity index is 1.34. The Hall–Kier alpha value is -2.21. The van der Waals surface area contributed by atoms with Gasteiger partial charge >= 0.3 is 0 Å². The molecule has 2 fully saturated rings. The lowest BCUT2D eigenvalue weighted by Crippen LogP contribution is -2.46. The predicted octanol–water partition coefficient (Wildman–Crippen LogP) is 1.11. The van der Waals surface area contributed by atoms with E-state index in [0.717, 1.165) is 38.0 Å². The number of likely N-dealkylation sites (tertiary alicyclic amines) is 1. The lowest BCUT2D eigenvalue weighted by molar-refractivity contribution is -0.136. The van der Waals surface area contributed by atoms with Gasteiger partial charge in [0.15, 0.2) is 0 Å². The summed E-state index contributed by atoms with van der Waals surface area (Å²) in [4.78, 5) is 37.3. The Morgan fingerprint density at radius 3 is 2.50 bits per heavy atom. The van der Waals surface area contributed by atoms with Crippen molar-refractivity contribution in [2.24, 2.45) is 11.8 Å². The van der Waals surface area contributed by atoms with E-state index in [4.69, 9.17) is 0 Å². The first-order valence-corrected chi connectivity index (χ1v) is 9.48. The molecule has 1 atom stereocenters. The van der Waals surface area contributed by atoms with Crippen LogP contribution >= 0.6 is 0 Å². The zero-order valence-electron chi connectivity index (χ0n) is 15.1. The summed E-state index contributed by atoms with van der Waals surface area (Å²) in [6.45, 7) is 3.08. The molecule has 0 aromatic heterocycles. The molecule has 2 aliphatic heterocycles. The number of rotatable bonds is 6. The summed E-state index contributed by atoms with van der Waals surface area (Å²) >= 11 is 0. The van der Waals surface area contributed by atoms with Crippen LogP contribution < -0.4 is 10.6 Å². The molecular weight excluding hydrogens is 330 g/mol. The molecule has 3 rings (SSSR count). The van der Waals surface area contributed by atoms with E-state index in [2.05, 4.69) is 10.6 Å². The van der Waals surface area contributed by atoms with Crippen molar-refractivity contribution in [3.05, 3.63) is 35.9 Å². The Morgan fingerprint density at radius 2 is 1.81 bits per heavy atom. The molecule has 2 saturated heterocycles. The molecule has 1 unspecified atom stereocenters. The Bertz CT molecular complexity index is 639. The third-order valence-corrected chi connectivity index (χ3v) is 5.34. The molecule has 2 aliphatic rings. The number of hydrogen-bond acceptors (Lipinski definition) is 4. The third kappa shape index (κ3) is 5.14. The van der Waals surface area contributed by atoms with E-state index >= 15 is 0 Å². The molecule has 6 heteroatoms. The highest BCUT2D eigenvalue weighted by atomic mass is 16.2. The van der Waals surface area contributed by atoms with Crippen molar-refractivity contribution >= 4 is 17.7 Å². The number of amides is 3. The molecule has 1 aromatic carbocycles. The monoisotopic (exact) mass is 357 g/mol. The van der Waals surface area contributed by atoms with Gasteiger partial charge in [-0.15, -0.1) is 0 Å². The van der Waals surface area contributed by atoms with E-state index in [1.54, 1.807) is 0 Å². The lowest BCUT2D eigenvalue weighted by Gasteiger charge is -2.32. The number of nitrogens with one attached hydrogen (secondary N) is 2. The van der Waals surface area contributed by atoms with E-state index in [-0.39, 0.29) is 23.6 Å². The summed E-state index contributed by atoms with van der Waals surface area (Å²) in [7, 11) is 0. The van der Waals surface area contributed by atoms with Crippen molar-refractivity contribution in [1.82, 2.24) is 15.5 Å². The number of piperidine rings is 2. The molecule has 140 valence electrons. The van der Waals surface area contributed by atoms with E-state index in [1.807, 2.05) is 35.2 Å². The van der Waals surface area contributed by atoms with Crippen LogP contribution in [0.4, 0.5) is 0 Å². The van der Waals surface area contributed by atoms with Gasteiger partial charge in [-0.1, -0.05) is 30.3 Å². The second-order valence-corrected chi connectivity index (χ2v) is 7.29. The first kappa shape index (κ1) is 18.6. The summed E-state index contributed by atoms with van der Waals surface area (Å²) in [5, 5.41) is 5.77. The highest BCUT2D eigenvalue weighted by Crippen LogP contribution is 2.18. The van der Waals surface area contributed by atoms with Gasteiger partial charge in [-0.05, 0) is 37.3 Å². The summed E-state index contributed by atoms with van der Waals surface area (Å²) in [6, 6.07) is 9.86. The Labute approximate surface area is 154 Å². The molecule has 3 amide bonds. The van der Waals surface area contributed by atoms with Gasteiger partial charge in [0, 0.05) is 26.1 Å². The molecule has 1 aromatic rings. The highest BCUT2D eigenvalue weighted by Gasteiger charge is 2.27. The molecule has 6 nitrogen and oxygen atoms in total. The van der Waals surface area contributed by atoms with Crippen LogP contribution in [0.5, 0.6) is 0 Å². The largest absolute Gasteiger partial charge is 0.342 e. The minimum Gasteiger partial charge on any atom is -0.342 e. The number of nitrogens with zero attached hydrogens (tertiary/aromatic N) is 1. The van der Waals surface area contributed by atoms with Crippen LogP contribution in [0.2, 0.25) is 0 Å². The smallest absolute Gasteiger partial charge is 0.230 e. The second kappa shape index (κ2) is 8.94. The summed E-state index contributed by atoms with van der Waals surface area (Å²) in [5.74, 6) is 0.296. The molecule has 26 heavy (non-hydrogen) atoms. The van der Waals surface area contributed by atoms with E-state index in [0.29, 0.717) is 31.7 Å². The number of hydrogen-bond donors (Lipinski definition) is 2. The van der Waals surface area contributed by atoms with Crippen molar-refractivity contribution in [3.8, 4) is 0 Å². The van der Waals surface area contributed by atoms with Gasteiger partial charge in [0.1, 0.15) is 0 Å². The zero-order valence-corrected chi connectivity index (χ0v) is 15.1. The van der Waals surface area contributed by atoms with Crippen molar-refractivity contribution in [3.63, 3.8) is 0 Å². The summed E-state index contributed by atoms with van der Waals surface area (Å²) < 4.78 is 0. The van der Waals surface area contributed by atoms with Crippen molar-refractivity contribution in [1.29, 1.82) is 0 Å². The molecular formula is C20H27N3O3. The Kier molecular flexibility index (Phi) is 6.39.